The van der Waals surface area contributed by atoms with Gasteiger partial charge in [-0.05, 0) is 123 Å². The highest BCUT2D eigenvalue weighted by Crippen LogP contribution is 2.32. The van der Waals surface area contributed by atoms with Gasteiger partial charge in [0.15, 0.2) is 0 Å². The summed E-state index contributed by atoms with van der Waals surface area (Å²) in [5.41, 5.74) is 3.31. The summed E-state index contributed by atoms with van der Waals surface area (Å²) < 4.78 is 29.9. The maximum Gasteiger partial charge on any atom is 0.335 e. The standard InChI is InChI=1S/C38H38BrN3O8S/c1-23(26-13-15-28(16-14-26)38(47)48)42-51(49,50)32-4-2-3-29(21-32)35(43)41-34-20-17-30(39)22-33(34)36(44)40-31-18-9-25(10-19-31)6-5-24-7-11-27(12-8-24)37(45)46/h2-4,7-12,17-23,26,28,42H,5-6,13-16H2,1H3,(H,40,44)(H,41,43)(H,45,46)(H,47,48)/t23?,26-,28-. The summed E-state index contributed by atoms with van der Waals surface area (Å²) in [5, 5.41) is 23.9. The van der Waals surface area contributed by atoms with Crippen molar-refractivity contribution in [2.75, 3.05) is 10.6 Å². The molecule has 4 aromatic rings. The predicted molar refractivity (Wildman–Crippen MR) is 197 cm³/mol. The molecule has 1 saturated carbocycles. The van der Waals surface area contributed by atoms with Gasteiger partial charge in [-0.1, -0.05) is 46.3 Å². The van der Waals surface area contributed by atoms with E-state index in [1.807, 2.05) is 12.1 Å². The molecular formula is C38H38BrN3O8S. The number of amides is 2. The number of hydrogen-bond donors (Lipinski definition) is 5. The van der Waals surface area contributed by atoms with Crippen LogP contribution >= 0.6 is 15.9 Å². The van der Waals surface area contributed by atoms with Gasteiger partial charge in [0, 0.05) is 21.8 Å². The number of carboxylic acids is 2. The van der Waals surface area contributed by atoms with Crippen LogP contribution in [-0.4, -0.2) is 48.4 Å². The molecule has 1 aliphatic carbocycles. The lowest BCUT2D eigenvalue weighted by molar-refractivity contribution is -0.143. The van der Waals surface area contributed by atoms with E-state index < -0.39 is 45.7 Å². The predicted octanol–water partition coefficient (Wildman–Crippen LogP) is 6.99. The van der Waals surface area contributed by atoms with Crippen LogP contribution in [0.2, 0.25) is 0 Å². The first-order valence-corrected chi connectivity index (χ1v) is 18.8. The van der Waals surface area contributed by atoms with Crippen molar-refractivity contribution in [1.82, 2.24) is 4.72 Å². The number of carbonyl (C=O) groups is 4. The van der Waals surface area contributed by atoms with Crippen LogP contribution in [0, 0.1) is 11.8 Å². The van der Waals surface area contributed by atoms with Gasteiger partial charge in [0.05, 0.1) is 27.6 Å². The molecule has 13 heteroatoms. The monoisotopic (exact) mass is 775 g/mol. The number of aromatic carboxylic acids is 1. The molecule has 0 heterocycles. The number of carbonyl (C=O) groups excluding carboxylic acids is 2. The molecule has 0 radical (unpaired) electrons. The van der Waals surface area contributed by atoms with Crippen LogP contribution in [0.3, 0.4) is 0 Å². The van der Waals surface area contributed by atoms with E-state index in [9.17, 15) is 32.7 Å². The highest BCUT2D eigenvalue weighted by atomic mass is 79.9. The van der Waals surface area contributed by atoms with Gasteiger partial charge in [0.2, 0.25) is 10.0 Å². The van der Waals surface area contributed by atoms with Crippen molar-refractivity contribution in [3.8, 4) is 0 Å². The highest BCUT2D eigenvalue weighted by molar-refractivity contribution is 9.10. The Morgan fingerprint density at radius 2 is 1.39 bits per heavy atom. The average Bonchev–Trinajstić information content (AvgIpc) is 3.12. The number of aryl methyl sites for hydroxylation is 2. The third kappa shape index (κ3) is 9.90. The van der Waals surface area contributed by atoms with E-state index in [0.29, 0.717) is 42.3 Å². The fraction of sp³-hybridized carbons (Fsp3) is 0.263. The average molecular weight is 777 g/mol. The van der Waals surface area contributed by atoms with E-state index in [1.54, 1.807) is 61.5 Å². The number of hydrogen-bond acceptors (Lipinski definition) is 6. The number of carboxylic acid groups (broad SMARTS) is 2. The van der Waals surface area contributed by atoms with E-state index >= 15 is 0 Å². The molecule has 1 atom stereocenters. The van der Waals surface area contributed by atoms with E-state index in [4.69, 9.17) is 5.11 Å². The number of nitrogens with one attached hydrogen (secondary N) is 3. The Bertz CT molecular complexity index is 2030. The number of aliphatic carboxylic acids is 1. The van der Waals surface area contributed by atoms with Crippen molar-refractivity contribution in [3.05, 3.63) is 123 Å². The van der Waals surface area contributed by atoms with Gasteiger partial charge in [-0.2, -0.15) is 0 Å². The Morgan fingerprint density at radius 3 is 2.00 bits per heavy atom. The van der Waals surface area contributed by atoms with Crippen molar-refractivity contribution in [2.24, 2.45) is 11.8 Å². The van der Waals surface area contributed by atoms with Crippen LogP contribution in [0.25, 0.3) is 0 Å². The maximum absolute atomic E-state index is 13.4. The van der Waals surface area contributed by atoms with Gasteiger partial charge in [-0.25, -0.2) is 17.9 Å². The van der Waals surface area contributed by atoms with Gasteiger partial charge in [0.25, 0.3) is 11.8 Å². The molecule has 5 rings (SSSR count). The zero-order valence-electron chi connectivity index (χ0n) is 27.8. The number of anilines is 2. The van der Waals surface area contributed by atoms with Crippen molar-refractivity contribution >= 4 is 61.1 Å². The van der Waals surface area contributed by atoms with E-state index in [2.05, 4.69) is 31.3 Å². The smallest absolute Gasteiger partial charge is 0.335 e. The fourth-order valence-corrected chi connectivity index (χ4v) is 7.86. The van der Waals surface area contributed by atoms with Gasteiger partial charge in [-0.3, -0.25) is 14.4 Å². The van der Waals surface area contributed by atoms with Crippen LogP contribution in [-0.2, 0) is 27.7 Å². The molecule has 2 amide bonds. The lowest BCUT2D eigenvalue weighted by Gasteiger charge is -2.30. The van der Waals surface area contributed by atoms with Crippen LogP contribution in [0.1, 0.15) is 74.8 Å². The largest absolute Gasteiger partial charge is 0.481 e. The Balaban J connectivity index is 1.21. The first kappa shape index (κ1) is 37.4. The SMILES string of the molecule is CC(NS(=O)(=O)c1cccc(C(=O)Nc2ccc(Br)cc2C(=O)Nc2ccc(CCc3ccc(C(=O)O)cc3)cc2)c1)[C@H]1CC[C@H](C(=O)O)CC1. The highest BCUT2D eigenvalue weighted by Gasteiger charge is 2.31. The second-order valence-electron chi connectivity index (χ2n) is 12.7. The zero-order valence-corrected chi connectivity index (χ0v) is 30.2. The van der Waals surface area contributed by atoms with Crippen molar-refractivity contribution in [2.45, 2.75) is 56.4 Å². The minimum Gasteiger partial charge on any atom is -0.481 e. The molecule has 51 heavy (non-hydrogen) atoms. The molecule has 0 spiro atoms. The Hall–Kier alpha value is -4.85. The third-order valence-electron chi connectivity index (χ3n) is 9.17. The lowest BCUT2D eigenvalue weighted by atomic mass is 9.79. The van der Waals surface area contributed by atoms with Gasteiger partial charge >= 0.3 is 11.9 Å². The second kappa shape index (κ2) is 16.4. The number of benzene rings is 4. The van der Waals surface area contributed by atoms with Crippen molar-refractivity contribution in [1.29, 1.82) is 0 Å². The van der Waals surface area contributed by atoms with Gasteiger partial charge in [0.1, 0.15) is 0 Å². The number of sulfonamides is 1. The molecular weight excluding hydrogens is 738 g/mol. The summed E-state index contributed by atoms with van der Waals surface area (Å²) in [6.45, 7) is 1.76. The molecule has 11 nitrogen and oxygen atoms in total. The summed E-state index contributed by atoms with van der Waals surface area (Å²) >= 11 is 3.39. The third-order valence-corrected chi connectivity index (χ3v) is 11.2. The molecule has 0 saturated heterocycles. The Kier molecular flexibility index (Phi) is 12.1. The summed E-state index contributed by atoms with van der Waals surface area (Å²) in [6, 6.07) is 24.1. The molecule has 0 aliphatic heterocycles. The maximum atomic E-state index is 13.4. The number of halogens is 1. The summed E-state index contributed by atoms with van der Waals surface area (Å²) in [5.74, 6) is -3.27. The van der Waals surface area contributed by atoms with E-state index in [-0.39, 0.29) is 33.2 Å². The van der Waals surface area contributed by atoms with Crippen molar-refractivity contribution in [3.63, 3.8) is 0 Å². The Morgan fingerprint density at radius 1 is 0.765 bits per heavy atom. The number of rotatable bonds is 13. The quantitative estimate of drug-likeness (QED) is 0.0964. The summed E-state index contributed by atoms with van der Waals surface area (Å²) in [4.78, 5) is 49.1. The normalized spacial score (nSPS) is 16.5. The van der Waals surface area contributed by atoms with E-state index in [1.165, 1.54) is 24.3 Å². The first-order valence-electron chi connectivity index (χ1n) is 16.5. The van der Waals surface area contributed by atoms with E-state index in [0.717, 1.165) is 17.5 Å². The molecule has 1 fully saturated rings. The van der Waals surface area contributed by atoms with Crippen LogP contribution in [0.4, 0.5) is 11.4 Å². The van der Waals surface area contributed by atoms with Gasteiger partial charge in [-0.15, -0.1) is 0 Å². The summed E-state index contributed by atoms with van der Waals surface area (Å²) in [7, 11) is -3.99. The summed E-state index contributed by atoms with van der Waals surface area (Å²) in [6.07, 6.45) is 3.64. The zero-order chi connectivity index (χ0) is 36.7. The van der Waals surface area contributed by atoms with Crippen LogP contribution < -0.4 is 15.4 Å². The lowest BCUT2D eigenvalue weighted by Crippen LogP contribution is -2.40. The molecule has 5 N–H and O–H groups in total. The molecule has 266 valence electrons. The topological polar surface area (TPSA) is 179 Å². The second-order valence-corrected chi connectivity index (χ2v) is 15.3. The van der Waals surface area contributed by atoms with Crippen LogP contribution in [0.5, 0.6) is 0 Å². The van der Waals surface area contributed by atoms with Crippen LogP contribution in [0.15, 0.2) is 100 Å². The molecule has 0 aromatic heterocycles. The minimum absolute atomic E-state index is 0.00129. The fourth-order valence-electron chi connectivity index (χ4n) is 6.14. The first-order chi connectivity index (χ1) is 24.3. The molecule has 1 unspecified atom stereocenters. The molecule has 4 aromatic carbocycles. The molecule has 0 bridgehead atoms. The van der Waals surface area contributed by atoms with Crippen molar-refractivity contribution < 1.29 is 37.8 Å². The Labute approximate surface area is 304 Å². The minimum atomic E-state index is -3.99. The molecule has 1 aliphatic rings. The van der Waals surface area contributed by atoms with Gasteiger partial charge < -0.3 is 20.8 Å².